The van der Waals surface area contributed by atoms with Crippen LogP contribution in [0.4, 0.5) is 11.6 Å². The fraction of sp³-hybridized carbons (Fsp3) is 0.0857. The number of nitrogens with zero attached hydrogens (tertiary/aromatic N) is 2. The van der Waals surface area contributed by atoms with Crippen LogP contribution in [0.25, 0.3) is 0 Å². The van der Waals surface area contributed by atoms with Crippen LogP contribution in [0.3, 0.4) is 0 Å². The van der Waals surface area contributed by atoms with Gasteiger partial charge in [-0.3, -0.25) is 14.4 Å². The van der Waals surface area contributed by atoms with Crippen LogP contribution < -0.4 is 19.7 Å². The standard InChI is InChI=1S/C35H27Cl2N3O5/c1-23(41)38-32-11-6-12-33(39-32)40(34(42)24-13-17-28(18-14-24)44-21-26-7-2-4-9-30(26)36)35(43)25-15-19-29(20-16-25)45-22-27-8-3-5-10-31(27)37/h2-20H,21-22H2,1H3,(H,38,39,41). The second-order valence-corrected chi connectivity index (χ2v) is 10.6. The second kappa shape index (κ2) is 14.5. The number of anilines is 2. The Morgan fingerprint density at radius 2 is 1.11 bits per heavy atom. The van der Waals surface area contributed by atoms with E-state index in [-0.39, 0.29) is 41.9 Å². The number of hydrogen-bond donors (Lipinski definition) is 1. The summed E-state index contributed by atoms with van der Waals surface area (Å²) in [5.74, 6) is -0.325. The fourth-order valence-corrected chi connectivity index (χ4v) is 4.68. The molecule has 0 unspecified atom stereocenters. The average molecular weight is 641 g/mol. The van der Waals surface area contributed by atoms with Gasteiger partial charge >= 0.3 is 0 Å². The Balaban J connectivity index is 1.37. The van der Waals surface area contributed by atoms with Gasteiger partial charge in [0.15, 0.2) is 0 Å². The molecule has 10 heteroatoms. The zero-order valence-corrected chi connectivity index (χ0v) is 25.6. The Morgan fingerprint density at radius 3 is 1.56 bits per heavy atom. The van der Waals surface area contributed by atoms with Crippen molar-refractivity contribution >= 4 is 52.6 Å². The third-order valence-electron chi connectivity index (χ3n) is 6.58. The number of carbonyl (C=O) groups is 3. The lowest BCUT2D eigenvalue weighted by Gasteiger charge is -2.21. The highest BCUT2D eigenvalue weighted by Gasteiger charge is 2.28. The normalized spacial score (nSPS) is 10.6. The van der Waals surface area contributed by atoms with Crippen molar-refractivity contribution < 1.29 is 23.9 Å². The number of hydrogen-bond acceptors (Lipinski definition) is 6. The summed E-state index contributed by atoms with van der Waals surface area (Å²) in [6, 6.07) is 32.2. The number of ether oxygens (including phenoxy) is 2. The molecule has 4 aromatic carbocycles. The fourth-order valence-electron chi connectivity index (χ4n) is 4.30. The van der Waals surface area contributed by atoms with Gasteiger partial charge in [0, 0.05) is 39.2 Å². The van der Waals surface area contributed by atoms with Crippen molar-refractivity contribution in [3.05, 3.63) is 148 Å². The van der Waals surface area contributed by atoms with Crippen LogP contribution in [0.2, 0.25) is 10.0 Å². The summed E-state index contributed by atoms with van der Waals surface area (Å²) < 4.78 is 11.7. The van der Waals surface area contributed by atoms with E-state index in [1.165, 1.54) is 13.0 Å². The van der Waals surface area contributed by atoms with E-state index < -0.39 is 11.8 Å². The van der Waals surface area contributed by atoms with Gasteiger partial charge in [0.2, 0.25) is 5.91 Å². The largest absolute Gasteiger partial charge is 0.489 e. The lowest BCUT2D eigenvalue weighted by molar-refractivity contribution is -0.114. The van der Waals surface area contributed by atoms with Crippen LogP contribution in [0.5, 0.6) is 11.5 Å². The Labute approximate surface area is 270 Å². The molecule has 0 aliphatic rings. The summed E-state index contributed by atoms with van der Waals surface area (Å²) in [6.45, 7) is 1.83. The number of nitrogens with one attached hydrogen (secondary N) is 1. The third kappa shape index (κ3) is 8.06. The molecule has 45 heavy (non-hydrogen) atoms. The first-order valence-corrected chi connectivity index (χ1v) is 14.6. The first-order chi connectivity index (χ1) is 21.8. The predicted molar refractivity (Wildman–Crippen MR) is 174 cm³/mol. The maximum absolute atomic E-state index is 13.9. The molecule has 3 amide bonds. The van der Waals surface area contributed by atoms with E-state index in [9.17, 15) is 14.4 Å². The molecule has 0 aliphatic carbocycles. The number of benzene rings is 4. The summed E-state index contributed by atoms with van der Waals surface area (Å²) >= 11 is 12.4. The minimum atomic E-state index is -0.621. The van der Waals surface area contributed by atoms with Gasteiger partial charge in [0.1, 0.15) is 36.3 Å². The van der Waals surface area contributed by atoms with Gasteiger partial charge in [-0.2, -0.15) is 0 Å². The Bertz CT molecular complexity index is 1720. The molecule has 0 spiro atoms. The van der Waals surface area contributed by atoms with Crippen molar-refractivity contribution in [1.82, 2.24) is 4.98 Å². The number of carbonyl (C=O) groups excluding carboxylic acids is 3. The smallest absolute Gasteiger partial charge is 0.266 e. The summed E-state index contributed by atoms with van der Waals surface area (Å²) in [5.41, 5.74) is 2.09. The van der Waals surface area contributed by atoms with Gasteiger partial charge < -0.3 is 14.8 Å². The van der Waals surface area contributed by atoms with E-state index in [1.54, 1.807) is 72.8 Å². The summed E-state index contributed by atoms with van der Waals surface area (Å²) in [6.07, 6.45) is 0. The van der Waals surface area contributed by atoms with Crippen LogP contribution >= 0.6 is 23.2 Å². The lowest BCUT2D eigenvalue weighted by Crippen LogP contribution is -2.37. The first-order valence-electron chi connectivity index (χ1n) is 13.8. The van der Waals surface area contributed by atoms with Gasteiger partial charge in [-0.15, -0.1) is 0 Å². The van der Waals surface area contributed by atoms with Crippen LogP contribution in [0.1, 0.15) is 38.8 Å². The average Bonchev–Trinajstić information content (AvgIpc) is 3.04. The maximum atomic E-state index is 13.9. The zero-order valence-electron chi connectivity index (χ0n) is 24.1. The van der Waals surface area contributed by atoms with Crippen molar-refractivity contribution in [1.29, 1.82) is 0 Å². The maximum Gasteiger partial charge on any atom is 0.266 e. The van der Waals surface area contributed by atoms with E-state index in [1.807, 2.05) is 36.4 Å². The van der Waals surface area contributed by atoms with E-state index in [2.05, 4.69) is 10.3 Å². The molecule has 5 rings (SSSR count). The highest BCUT2D eigenvalue weighted by Crippen LogP contribution is 2.25. The molecule has 0 saturated heterocycles. The molecule has 0 aliphatic heterocycles. The molecular formula is C35H27Cl2N3O5. The molecule has 0 saturated carbocycles. The number of halogens is 2. The van der Waals surface area contributed by atoms with Crippen molar-refractivity contribution in [2.75, 3.05) is 10.2 Å². The number of aromatic nitrogens is 1. The molecule has 0 fully saturated rings. The Morgan fingerprint density at radius 1 is 0.644 bits per heavy atom. The highest BCUT2D eigenvalue weighted by molar-refractivity contribution is 6.31. The molecule has 0 radical (unpaired) electrons. The van der Waals surface area contributed by atoms with Crippen molar-refractivity contribution in [3.63, 3.8) is 0 Å². The van der Waals surface area contributed by atoms with Crippen molar-refractivity contribution in [2.24, 2.45) is 0 Å². The molecular weight excluding hydrogens is 613 g/mol. The quantitative estimate of drug-likeness (QED) is 0.156. The molecule has 226 valence electrons. The SMILES string of the molecule is CC(=O)Nc1cccc(N(C(=O)c2ccc(OCc3ccccc3Cl)cc2)C(=O)c2ccc(OCc3ccccc3Cl)cc2)n1. The van der Waals surface area contributed by atoms with Crippen LogP contribution in [-0.2, 0) is 18.0 Å². The second-order valence-electron chi connectivity index (χ2n) is 9.82. The number of imide groups is 1. The van der Waals surface area contributed by atoms with Gasteiger partial charge in [-0.25, -0.2) is 9.88 Å². The molecule has 1 heterocycles. The van der Waals surface area contributed by atoms with Crippen LogP contribution in [0.15, 0.2) is 115 Å². The molecule has 1 N–H and O–H groups in total. The molecule has 0 bridgehead atoms. The minimum Gasteiger partial charge on any atom is -0.489 e. The highest BCUT2D eigenvalue weighted by atomic mass is 35.5. The summed E-state index contributed by atoms with van der Waals surface area (Å²) in [7, 11) is 0. The van der Waals surface area contributed by atoms with Crippen LogP contribution in [0, 0.1) is 0 Å². The third-order valence-corrected chi connectivity index (χ3v) is 7.32. The Hall–Kier alpha value is -5.18. The van der Waals surface area contributed by atoms with Crippen molar-refractivity contribution in [3.8, 4) is 11.5 Å². The van der Waals surface area contributed by atoms with Crippen LogP contribution in [-0.4, -0.2) is 22.7 Å². The van der Waals surface area contributed by atoms with E-state index >= 15 is 0 Å². The number of amides is 3. The topological polar surface area (TPSA) is 97.8 Å². The van der Waals surface area contributed by atoms with E-state index in [0.29, 0.717) is 21.5 Å². The van der Waals surface area contributed by atoms with Gasteiger partial charge in [-0.1, -0.05) is 65.7 Å². The summed E-state index contributed by atoms with van der Waals surface area (Å²) in [5, 5.41) is 3.76. The van der Waals surface area contributed by atoms with Gasteiger partial charge in [0.25, 0.3) is 11.8 Å². The molecule has 8 nitrogen and oxygen atoms in total. The van der Waals surface area contributed by atoms with E-state index in [0.717, 1.165) is 16.0 Å². The molecule has 1 aromatic heterocycles. The minimum absolute atomic E-state index is 0.0364. The lowest BCUT2D eigenvalue weighted by atomic mass is 10.1. The predicted octanol–water partition coefficient (Wildman–Crippen LogP) is 7.99. The number of rotatable bonds is 10. The van der Waals surface area contributed by atoms with Gasteiger partial charge in [0.05, 0.1) is 0 Å². The number of pyridine rings is 1. The first kappa shape index (κ1) is 31.3. The molecule has 5 aromatic rings. The van der Waals surface area contributed by atoms with Crippen molar-refractivity contribution in [2.45, 2.75) is 20.1 Å². The molecule has 0 atom stereocenters. The Kier molecular flexibility index (Phi) is 10.1. The van der Waals surface area contributed by atoms with Gasteiger partial charge in [-0.05, 0) is 72.8 Å². The van der Waals surface area contributed by atoms with E-state index in [4.69, 9.17) is 32.7 Å². The monoisotopic (exact) mass is 639 g/mol. The summed E-state index contributed by atoms with van der Waals surface area (Å²) in [4.78, 5) is 44.7. The zero-order chi connectivity index (χ0) is 31.8.